The van der Waals surface area contributed by atoms with Crippen LogP contribution in [0.25, 0.3) is 0 Å². The second kappa shape index (κ2) is 6.77. The van der Waals surface area contributed by atoms with E-state index in [0.29, 0.717) is 24.0 Å². The van der Waals surface area contributed by atoms with Crippen molar-refractivity contribution < 1.29 is 0 Å². The van der Waals surface area contributed by atoms with E-state index in [1.807, 2.05) is 0 Å². The van der Waals surface area contributed by atoms with Gasteiger partial charge < -0.3 is 5.32 Å². The van der Waals surface area contributed by atoms with Crippen molar-refractivity contribution in [3.05, 3.63) is 0 Å². The Labute approximate surface area is 120 Å². The quantitative estimate of drug-likeness (QED) is 0.785. The molecule has 0 aromatic rings. The fourth-order valence-electron chi connectivity index (χ4n) is 2.97. The molecule has 0 amide bonds. The Bertz CT molecular complexity index is 308. The summed E-state index contributed by atoms with van der Waals surface area (Å²) in [7, 11) is 0. The standard InChI is InChI=1S/C17H32N2/c1-8-10-14(9-2)19-12-16(17(5,6)7)18-11-15(19)13(3)4/h2,13-16,18H,8,10-12H2,1,3-7H3. The summed E-state index contributed by atoms with van der Waals surface area (Å²) >= 11 is 0. The molecule has 2 nitrogen and oxygen atoms in total. The average molecular weight is 264 g/mol. The summed E-state index contributed by atoms with van der Waals surface area (Å²) in [6.45, 7) is 15.9. The monoisotopic (exact) mass is 264 g/mol. The minimum absolute atomic E-state index is 0.283. The van der Waals surface area contributed by atoms with E-state index in [0.717, 1.165) is 25.9 Å². The lowest BCUT2D eigenvalue weighted by molar-refractivity contribution is 0.0432. The molecule has 0 aliphatic carbocycles. The number of nitrogens with one attached hydrogen (secondary N) is 1. The van der Waals surface area contributed by atoms with Crippen LogP contribution in [0.2, 0.25) is 0 Å². The fraction of sp³-hybridized carbons (Fsp3) is 0.882. The topological polar surface area (TPSA) is 15.3 Å². The third-order valence-electron chi connectivity index (χ3n) is 4.36. The maximum atomic E-state index is 5.79. The lowest BCUT2D eigenvalue weighted by atomic mass is 9.83. The normalized spacial score (nSPS) is 27.3. The summed E-state index contributed by atoms with van der Waals surface area (Å²) < 4.78 is 0. The molecule has 0 saturated carbocycles. The lowest BCUT2D eigenvalue weighted by Crippen LogP contribution is -2.63. The number of hydrogen-bond donors (Lipinski definition) is 1. The van der Waals surface area contributed by atoms with Crippen molar-refractivity contribution in [2.75, 3.05) is 13.1 Å². The molecule has 0 bridgehead atoms. The first-order chi connectivity index (χ1) is 8.81. The SMILES string of the molecule is C#CC(CCC)N1CC(C(C)(C)C)NCC1C(C)C. The third kappa shape index (κ3) is 4.23. The summed E-state index contributed by atoms with van der Waals surface area (Å²) in [5, 5.41) is 3.73. The molecule has 1 saturated heterocycles. The number of hydrogen-bond acceptors (Lipinski definition) is 2. The molecule has 0 radical (unpaired) electrons. The number of rotatable bonds is 4. The van der Waals surface area contributed by atoms with Gasteiger partial charge in [0, 0.05) is 25.2 Å². The molecule has 1 fully saturated rings. The van der Waals surface area contributed by atoms with Crippen molar-refractivity contribution in [3.63, 3.8) is 0 Å². The first-order valence-corrected chi connectivity index (χ1v) is 7.76. The fourth-order valence-corrected chi connectivity index (χ4v) is 2.97. The second-order valence-electron chi connectivity index (χ2n) is 7.31. The minimum atomic E-state index is 0.283. The van der Waals surface area contributed by atoms with Crippen LogP contribution in [0.1, 0.15) is 54.4 Å². The Balaban J connectivity index is 2.87. The molecule has 1 rings (SSSR count). The van der Waals surface area contributed by atoms with Gasteiger partial charge in [0.1, 0.15) is 0 Å². The van der Waals surface area contributed by atoms with Crippen molar-refractivity contribution in [2.24, 2.45) is 11.3 Å². The molecule has 110 valence electrons. The highest BCUT2D eigenvalue weighted by atomic mass is 15.3. The number of nitrogens with zero attached hydrogens (tertiary/aromatic N) is 1. The second-order valence-corrected chi connectivity index (χ2v) is 7.31. The highest BCUT2D eigenvalue weighted by molar-refractivity contribution is 5.05. The van der Waals surface area contributed by atoms with Crippen molar-refractivity contribution >= 4 is 0 Å². The van der Waals surface area contributed by atoms with Crippen molar-refractivity contribution in [2.45, 2.75) is 72.5 Å². The predicted octanol–water partition coefficient (Wildman–Crippen LogP) is 3.13. The van der Waals surface area contributed by atoms with Crippen LogP contribution in [-0.2, 0) is 0 Å². The van der Waals surface area contributed by atoms with Crippen LogP contribution in [0, 0.1) is 23.7 Å². The minimum Gasteiger partial charge on any atom is -0.311 e. The van der Waals surface area contributed by atoms with Crippen LogP contribution in [0.15, 0.2) is 0 Å². The van der Waals surface area contributed by atoms with E-state index in [1.165, 1.54) is 0 Å². The van der Waals surface area contributed by atoms with Crippen LogP contribution in [-0.4, -0.2) is 36.1 Å². The van der Waals surface area contributed by atoms with Crippen molar-refractivity contribution in [1.82, 2.24) is 10.2 Å². The van der Waals surface area contributed by atoms with E-state index in [1.54, 1.807) is 0 Å². The third-order valence-corrected chi connectivity index (χ3v) is 4.36. The summed E-state index contributed by atoms with van der Waals surface area (Å²) in [4.78, 5) is 2.58. The van der Waals surface area contributed by atoms with Gasteiger partial charge in [0.25, 0.3) is 0 Å². The number of terminal acetylenes is 1. The van der Waals surface area contributed by atoms with Gasteiger partial charge in [-0.3, -0.25) is 4.90 Å². The van der Waals surface area contributed by atoms with Crippen LogP contribution < -0.4 is 5.32 Å². The molecule has 0 spiro atoms. The van der Waals surface area contributed by atoms with Crippen LogP contribution in [0.4, 0.5) is 0 Å². The Morgan fingerprint density at radius 2 is 2.00 bits per heavy atom. The van der Waals surface area contributed by atoms with Gasteiger partial charge in [0.15, 0.2) is 0 Å². The highest BCUT2D eigenvalue weighted by Gasteiger charge is 2.37. The average Bonchev–Trinajstić information content (AvgIpc) is 2.34. The molecule has 1 heterocycles. The molecule has 0 aromatic heterocycles. The molecular formula is C17H32N2. The van der Waals surface area contributed by atoms with Gasteiger partial charge in [-0.2, -0.15) is 0 Å². The van der Waals surface area contributed by atoms with Crippen LogP contribution in [0.5, 0.6) is 0 Å². The smallest absolute Gasteiger partial charge is 0.0715 e. The van der Waals surface area contributed by atoms with E-state index in [-0.39, 0.29) is 5.41 Å². The summed E-state index contributed by atoms with van der Waals surface area (Å²) in [6, 6.07) is 1.38. The lowest BCUT2D eigenvalue weighted by Gasteiger charge is -2.48. The van der Waals surface area contributed by atoms with E-state index in [2.05, 4.69) is 57.7 Å². The first-order valence-electron chi connectivity index (χ1n) is 7.76. The van der Waals surface area contributed by atoms with Gasteiger partial charge >= 0.3 is 0 Å². The Morgan fingerprint density at radius 1 is 1.37 bits per heavy atom. The molecule has 19 heavy (non-hydrogen) atoms. The van der Waals surface area contributed by atoms with Gasteiger partial charge in [-0.25, -0.2) is 0 Å². The Morgan fingerprint density at radius 3 is 2.42 bits per heavy atom. The van der Waals surface area contributed by atoms with E-state index in [4.69, 9.17) is 6.42 Å². The van der Waals surface area contributed by atoms with Crippen molar-refractivity contribution in [3.8, 4) is 12.3 Å². The number of piperazine rings is 1. The zero-order valence-electron chi connectivity index (χ0n) is 13.7. The maximum absolute atomic E-state index is 5.79. The molecular weight excluding hydrogens is 232 g/mol. The van der Waals surface area contributed by atoms with E-state index < -0.39 is 0 Å². The summed E-state index contributed by atoms with van der Waals surface area (Å²) in [6.07, 6.45) is 8.06. The largest absolute Gasteiger partial charge is 0.311 e. The molecule has 2 heteroatoms. The molecule has 3 atom stereocenters. The predicted molar refractivity (Wildman–Crippen MR) is 84.1 cm³/mol. The molecule has 3 unspecified atom stereocenters. The molecule has 1 aliphatic heterocycles. The zero-order chi connectivity index (χ0) is 14.6. The van der Waals surface area contributed by atoms with Gasteiger partial charge in [0.05, 0.1) is 6.04 Å². The van der Waals surface area contributed by atoms with Crippen LogP contribution >= 0.6 is 0 Å². The van der Waals surface area contributed by atoms with E-state index >= 15 is 0 Å². The first kappa shape index (κ1) is 16.5. The van der Waals surface area contributed by atoms with Gasteiger partial charge in [0.2, 0.25) is 0 Å². The zero-order valence-corrected chi connectivity index (χ0v) is 13.7. The summed E-state index contributed by atoms with van der Waals surface area (Å²) in [5.74, 6) is 3.67. The Hall–Kier alpha value is -0.520. The van der Waals surface area contributed by atoms with Crippen molar-refractivity contribution in [1.29, 1.82) is 0 Å². The highest BCUT2D eigenvalue weighted by Crippen LogP contribution is 2.27. The van der Waals surface area contributed by atoms with Gasteiger partial charge in [-0.15, -0.1) is 6.42 Å². The molecule has 0 aromatic carbocycles. The Kier molecular flexibility index (Phi) is 5.89. The molecule has 1 aliphatic rings. The van der Waals surface area contributed by atoms with Gasteiger partial charge in [-0.05, 0) is 17.8 Å². The van der Waals surface area contributed by atoms with Crippen LogP contribution in [0.3, 0.4) is 0 Å². The maximum Gasteiger partial charge on any atom is 0.0715 e. The van der Waals surface area contributed by atoms with Gasteiger partial charge in [-0.1, -0.05) is 53.9 Å². The summed E-state index contributed by atoms with van der Waals surface area (Å²) in [5.41, 5.74) is 0.283. The molecule has 1 N–H and O–H groups in total. The van der Waals surface area contributed by atoms with E-state index in [9.17, 15) is 0 Å².